The van der Waals surface area contributed by atoms with Gasteiger partial charge in [0.2, 0.25) is 0 Å². The third-order valence-corrected chi connectivity index (χ3v) is 2.09. The van der Waals surface area contributed by atoms with Crippen LogP contribution in [0.5, 0.6) is 0 Å². The maximum atomic E-state index is 8.90. The van der Waals surface area contributed by atoms with Crippen LogP contribution in [0.2, 0.25) is 0 Å². The molecule has 5 heteroatoms. The molecule has 0 bridgehead atoms. The van der Waals surface area contributed by atoms with Crippen molar-refractivity contribution in [1.82, 2.24) is 14.6 Å². The van der Waals surface area contributed by atoms with Crippen LogP contribution in [-0.4, -0.2) is 19.7 Å². The van der Waals surface area contributed by atoms with E-state index < -0.39 is 0 Å². The number of nitrogens with zero attached hydrogens (tertiary/aromatic N) is 2. The highest BCUT2D eigenvalue weighted by molar-refractivity contribution is 7.71. The fraction of sp³-hybridized carbons (Fsp3) is 0.250. The van der Waals surface area contributed by atoms with E-state index in [1.807, 2.05) is 13.0 Å². The Bertz CT molecular complexity index is 500. The van der Waals surface area contributed by atoms with Gasteiger partial charge < -0.3 is 5.11 Å². The fourth-order valence-corrected chi connectivity index (χ4v) is 1.52. The van der Waals surface area contributed by atoms with Crippen molar-refractivity contribution < 1.29 is 5.11 Å². The number of aliphatic hydroxyl groups is 1. The number of fused-ring (bicyclic) bond motifs is 1. The van der Waals surface area contributed by atoms with Gasteiger partial charge in [0.25, 0.3) is 0 Å². The van der Waals surface area contributed by atoms with E-state index in [4.69, 9.17) is 17.3 Å². The Morgan fingerprint density at radius 2 is 2.38 bits per heavy atom. The average Bonchev–Trinajstić information content (AvgIpc) is 2.46. The van der Waals surface area contributed by atoms with Gasteiger partial charge in [-0.3, -0.25) is 5.10 Å². The molecule has 2 N–H and O–H groups in total. The van der Waals surface area contributed by atoms with Crippen LogP contribution in [0, 0.1) is 11.6 Å². The van der Waals surface area contributed by atoms with Crippen molar-refractivity contribution >= 4 is 17.9 Å². The number of aryl methyl sites for hydroxylation is 1. The first-order chi connectivity index (χ1) is 6.20. The van der Waals surface area contributed by atoms with E-state index in [1.165, 1.54) is 0 Å². The number of aliphatic hydroxyl groups excluding tert-OH is 1. The van der Waals surface area contributed by atoms with Crippen molar-refractivity contribution in [3.63, 3.8) is 0 Å². The Morgan fingerprint density at radius 1 is 1.62 bits per heavy atom. The average molecular weight is 195 g/mol. The molecule has 0 aliphatic rings. The third-order valence-electron chi connectivity index (χ3n) is 1.79. The molecule has 0 atom stereocenters. The van der Waals surface area contributed by atoms with E-state index in [0.717, 1.165) is 11.3 Å². The minimum absolute atomic E-state index is 0.0790. The molecule has 13 heavy (non-hydrogen) atoms. The van der Waals surface area contributed by atoms with Gasteiger partial charge in [0.1, 0.15) is 4.64 Å². The summed E-state index contributed by atoms with van der Waals surface area (Å²) in [6.07, 6.45) is 0. The lowest BCUT2D eigenvalue weighted by atomic mass is 10.4. The van der Waals surface area contributed by atoms with Crippen LogP contribution < -0.4 is 0 Å². The number of hydrogen-bond acceptors (Lipinski definition) is 3. The first-order valence-corrected chi connectivity index (χ1v) is 4.30. The summed E-state index contributed by atoms with van der Waals surface area (Å²) in [5.74, 6) is 0. The van der Waals surface area contributed by atoms with Gasteiger partial charge in [-0.2, -0.15) is 0 Å². The third kappa shape index (κ3) is 1.36. The molecule has 4 nitrogen and oxygen atoms in total. The van der Waals surface area contributed by atoms with Crippen molar-refractivity contribution in [3.8, 4) is 0 Å². The molecule has 2 aromatic rings. The molecule has 2 rings (SSSR count). The molecule has 2 heterocycles. The van der Waals surface area contributed by atoms with Gasteiger partial charge in [-0.15, -0.1) is 0 Å². The van der Waals surface area contributed by atoms with Crippen molar-refractivity contribution in [3.05, 3.63) is 28.2 Å². The lowest BCUT2D eigenvalue weighted by Gasteiger charge is -1.96. The summed E-state index contributed by atoms with van der Waals surface area (Å²) >= 11 is 5.10. The molecule has 2 aromatic heterocycles. The van der Waals surface area contributed by atoms with E-state index in [9.17, 15) is 0 Å². The van der Waals surface area contributed by atoms with Crippen LogP contribution in [0.3, 0.4) is 0 Å². The van der Waals surface area contributed by atoms with Crippen molar-refractivity contribution in [2.75, 3.05) is 0 Å². The van der Waals surface area contributed by atoms with E-state index in [1.54, 1.807) is 10.6 Å². The second-order valence-electron chi connectivity index (χ2n) is 2.88. The highest BCUT2D eigenvalue weighted by Gasteiger charge is 2.00. The zero-order valence-electron chi connectivity index (χ0n) is 7.11. The van der Waals surface area contributed by atoms with E-state index >= 15 is 0 Å². The molecule has 0 aromatic carbocycles. The molecule has 0 aliphatic carbocycles. The largest absolute Gasteiger partial charge is 0.390 e. The van der Waals surface area contributed by atoms with Crippen LogP contribution in [0.1, 0.15) is 11.4 Å². The maximum absolute atomic E-state index is 8.90. The van der Waals surface area contributed by atoms with Crippen molar-refractivity contribution in [2.45, 2.75) is 13.5 Å². The Morgan fingerprint density at radius 3 is 3.08 bits per heavy atom. The lowest BCUT2D eigenvalue weighted by molar-refractivity contribution is 0.277. The van der Waals surface area contributed by atoms with Gasteiger partial charge in [0.05, 0.1) is 12.3 Å². The normalized spacial score (nSPS) is 10.9. The van der Waals surface area contributed by atoms with Crippen LogP contribution in [-0.2, 0) is 6.61 Å². The number of aromatic nitrogens is 3. The zero-order valence-corrected chi connectivity index (χ0v) is 7.93. The van der Waals surface area contributed by atoms with Gasteiger partial charge in [-0.1, -0.05) is 12.2 Å². The first kappa shape index (κ1) is 8.40. The van der Waals surface area contributed by atoms with Gasteiger partial charge in [-0.25, -0.2) is 9.50 Å². The predicted molar refractivity (Wildman–Crippen MR) is 51.0 cm³/mol. The highest BCUT2D eigenvalue weighted by atomic mass is 32.1. The smallest absolute Gasteiger partial charge is 0.154 e. The Kier molecular flexibility index (Phi) is 1.90. The minimum atomic E-state index is -0.0790. The van der Waals surface area contributed by atoms with Gasteiger partial charge >= 0.3 is 0 Å². The predicted octanol–water partition coefficient (Wildman–Crippen LogP) is 1.19. The van der Waals surface area contributed by atoms with Crippen LogP contribution in [0.25, 0.3) is 5.65 Å². The van der Waals surface area contributed by atoms with Gasteiger partial charge in [0.15, 0.2) is 5.65 Å². The van der Waals surface area contributed by atoms with Crippen LogP contribution in [0.15, 0.2) is 12.1 Å². The van der Waals surface area contributed by atoms with E-state index in [-0.39, 0.29) is 6.61 Å². The standard InChI is InChI=1S/C8H9N3OS/c1-5-2-7-9-6(4-12)3-8(13)11(7)10-5/h2-3,10,12H,4H2,1H3. The summed E-state index contributed by atoms with van der Waals surface area (Å²) in [7, 11) is 0. The number of hydrogen-bond donors (Lipinski definition) is 2. The summed E-state index contributed by atoms with van der Waals surface area (Å²) in [5.41, 5.74) is 2.34. The number of aromatic amines is 1. The summed E-state index contributed by atoms with van der Waals surface area (Å²) < 4.78 is 2.34. The molecule has 0 aliphatic heterocycles. The van der Waals surface area contributed by atoms with E-state index in [2.05, 4.69) is 10.1 Å². The second kappa shape index (κ2) is 2.93. The fourth-order valence-electron chi connectivity index (χ4n) is 1.24. The monoisotopic (exact) mass is 195 g/mol. The Labute approximate surface area is 79.8 Å². The molecule has 0 amide bonds. The van der Waals surface area contributed by atoms with Gasteiger partial charge in [0, 0.05) is 11.8 Å². The molecule has 0 spiro atoms. The first-order valence-electron chi connectivity index (χ1n) is 3.90. The topological polar surface area (TPSA) is 53.3 Å². The van der Waals surface area contributed by atoms with Gasteiger partial charge in [-0.05, 0) is 13.0 Å². The number of H-pyrrole nitrogens is 1. The molecule has 0 fully saturated rings. The highest BCUT2D eigenvalue weighted by Crippen LogP contribution is 2.06. The number of rotatable bonds is 1. The number of nitrogens with one attached hydrogen (secondary N) is 1. The molecule has 0 unspecified atom stereocenters. The minimum Gasteiger partial charge on any atom is -0.390 e. The SMILES string of the molecule is Cc1cc2nc(CO)cc(=S)n2[nH]1. The molecule has 0 saturated carbocycles. The Balaban J connectivity index is 2.83. The molecule has 0 saturated heterocycles. The van der Waals surface area contributed by atoms with Crippen molar-refractivity contribution in [2.24, 2.45) is 0 Å². The summed E-state index contributed by atoms with van der Waals surface area (Å²) in [6.45, 7) is 1.85. The van der Waals surface area contributed by atoms with Crippen molar-refractivity contribution in [1.29, 1.82) is 0 Å². The summed E-state index contributed by atoms with van der Waals surface area (Å²) in [4.78, 5) is 4.19. The maximum Gasteiger partial charge on any atom is 0.154 e. The van der Waals surface area contributed by atoms with Crippen LogP contribution >= 0.6 is 12.2 Å². The second-order valence-corrected chi connectivity index (χ2v) is 3.29. The van der Waals surface area contributed by atoms with E-state index in [0.29, 0.717) is 10.3 Å². The summed E-state index contributed by atoms with van der Waals surface area (Å²) in [6, 6.07) is 3.56. The Hall–Kier alpha value is -1.20. The molecule has 0 radical (unpaired) electrons. The zero-order chi connectivity index (χ0) is 9.42. The van der Waals surface area contributed by atoms with Crippen LogP contribution in [0.4, 0.5) is 0 Å². The lowest BCUT2D eigenvalue weighted by Crippen LogP contribution is -1.96. The molecular weight excluding hydrogens is 186 g/mol. The quantitative estimate of drug-likeness (QED) is 0.672. The summed E-state index contributed by atoms with van der Waals surface area (Å²) in [5, 5.41) is 11.9. The molecular formula is C8H9N3OS. The molecule has 68 valence electrons.